The van der Waals surface area contributed by atoms with Crippen LogP contribution in [0.4, 0.5) is 0 Å². The maximum Gasteiger partial charge on any atom is 0.137 e. The molecule has 0 bridgehead atoms. The first-order chi connectivity index (χ1) is 9.31. The number of pyridine rings is 1. The molecule has 0 aromatic carbocycles. The van der Waals surface area contributed by atoms with E-state index in [0.29, 0.717) is 12.6 Å². The monoisotopic (exact) mass is 264 g/mol. The van der Waals surface area contributed by atoms with Crippen LogP contribution in [-0.4, -0.2) is 18.6 Å². The summed E-state index contributed by atoms with van der Waals surface area (Å²) in [6, 6.07) is 2.48. The minimum absolute atomic E-state index is 0.384. The smallest absolute Gasteiger partial charge is 0.137 e. The Morgan fingerprint density at radius 1 is 1.16 bits per heavy atom. The lowest BCUT2D eigenvalue weighted by Gasteiger charge is -2.17. The summed E-state index contributed by atoms with van der Waals surface area (Å²) in [4.78, 5) is 4.26. The van der Waals surface area contributed by atoms with Crippen LogP contribution in [0.25, 0.3) is 0 Å². The lowest BCUT2D eigenvalue weighted by Crippen LogP contribution is -2.16. The van der Waals surface area contributed by atoms with Gasteiger partial charge in [-0.2, -0.15) is 0 Å². The lowest BCUT2D eigenvalue weighted by molar-refractivity contribution is 0.337. The average molecular weight is 264 g/mol. The van der Waals surface area contributed by atoms with E-state index in [9.17, 15) is 0 Å². The molecule has 0 aliphatic carbocycles. The van der Waals surface area contributed by atoms with Crippen LogP contribution in [0, 0.1) is 0 Å². The molecule has 1 atom stereocenters. The van der Waals surface area contributed by atoms with Crippen molar-refractivity contribution in [3.8, 4) is 5.75 Å². The summed E-state index contributed by atoms with van der Waals surface area (Å²) in [5, 5.41) is 3.38. The molecule has 0 spiro atoms. The Bertz CT molecular complexity index is 341. The third-order valence-electron chi connectivity index (χ3n) is 3.39. The summed E-state index contributed by atoms with van der Waals surface area (Å²) in [6.07, 6.45) is 11.5. The Morgan fingerprint density at radius 2 is 1.95 bits per heavy atom. The fraction of sp³-hybridized carbons (Fsp3) is 0.688. The number of unbranched alkanes of at least 4 members (excludes halogenated alkanes) is 4. The minimum atomic E-state index is 0.384. The second-order valence-electron chi connectivity index (χ2n) is 4.93. The maximum absolute atomic E-state index is 5.51. The van der Waals surface area contributed by atoms with Crippen LogP contribution in [-0.2, 0) is 0 Å². The van der Waals surface area contributed by atoms with Crippen LogP contribution >= 0.6 is 0 Å². The van der Waals surface area contributed by atoms with Crippen molar-refractivity contribution in [3.63, 3.8) is 0 Å². The van der Waals surface area contributed by atoms with Crippen LogP contribution in [0.5, 0.6) is 5.75 Å². The summed E-state index contributed by atoms with van der Waals surface area (Å²) >= 11 is 0. The average Bonchev–Trinajstić information content (AvgIpc) is 2.43. The molecular formula is C16H28N2O. The molecule has 0 fully saturated rings. The fourth-order valence-electron chi connectivity index (χ4n) is 2.30. The second-order valence-corrected chi connectivity index (χ2v) is 4.93. The van der Waals surface area contributed by atoms with Crippen LogP contribution in [0.15, 0.2) is 18.5 Å². The number of ether oxygens (including phenoxy) is 1. The molecule has 0 saturated carbocycles. The highest BCUT2D eigenvalue weighted by Crippen LogP contribution is 2.22. The molecule has 0 saturated heterocycles. The summed E-state index contributed by atoms with van der Waals surface area (Å²) in [7, 11) is 2.02. The highest BCUT2D eigenvalue weighted by molar-refractivity contribution is 5.25. The van der Waals surface area contributed by atoms with Gasteiger partial charge in [0.05, 0.1) is 12.8 Å². The summed E-state index contributed by atoms with van der Waals surface area (Å²) in [6.45, 7) is 4.93. The van der Waals surface area contributed by atoms with Crippen LogP contribution in [0.3, 0.4) is 0 Å². The van der Waals surface area contributed by atoms with Gasteiger partial charge in [-0.05, 0) is 32.0 Å². The molecule has 0 aliphatic heterocycles. The van der Waals surface area contributed by atoms with Gasteiger partial charge in [0.2, 0.25) is 0 Å². The molecular weight excluding hydrogens is 236 g/mol. The van der Waals surface area contributed by atoms with Crippen molar-refractivity contribution >= 4 is 0 Å². The van der Waals surface area contributed by atoms with Crippen LogP contribution in [0.2, 0.25) is 0 Å². The molecule has 1 unspecified atom stereocenters. The van der Waals surface area contributed by atoms with Gasteiger partial charge in [-0.1, -0.05) is 39.0 Å². The van der Waals surface area contributed by atoms with Crippen molar-refractivity contribution in [1.82, 2.24) is 10.3 Å². The zero-order valence-electron chi connectivity index (χ0n) is 12.6. The molecule has 1 aromatic rings. The van der Waals surface area contributed by atoms with Gasteiger partial charge < -0.3 is 10.1 Å². The van der Waals surface area contributed by atoms with Gasteiger partial charge in [0.15, 0.2) is 0 Å². The first-order valence-electron chi connectivity index (χ1n) is 7.56. The Balaban J connectivity index is 2.46. The molecule has 0 radical (unpaired) electrons. The highest BCUT2D eigenvalue weighted by atomic mass is 16.5. The van der Waals surface area contributed by atoms with Crippen molar-refractivity contribution in [2.45, 2.75) is 58.4 Å². The van der Waals surface area contributed by atoms with E-state index >= 15 is 0 Å². The van der Waals surface area contributed by atoms with E-state index in [1.807, 2.05) is 20.2 Å². The molecule has 0 amide bonds. The predicted molar refractivity (Wildman–Crippen MR) is 80.6 cm³/mol. The SMILES string of the molecule is CCCCCCCC(NC)c1cncc(OCC)c1. The molecule has 1 heterocycles. The number of hydrogen-bond acceptors (Lipinski definition) is 3. The summed E-state index contributed by atoms with van der Waals surface area (Å²) in [5.41, 5.74) is 1.23. The molecule has 3 nitrogen and oxygen atoms in total. The Labute approximate surface area is 117 Å². The summed E-state index contributed by atoms with van der Waals surface area (Å²) < 4.78 is 5.51. The van der Waals surface area contributed by atoms with Crippen LogP contribution < -0.4 is 10.1 Å². The van der Waals surface area contributed by atoms with Gasteiger partial charge in [0.1, 0.15) is 5.75 Å². The number of hydrogen-bond donors (Lipinski definition) is 1. The fourth-order valence-corrected chi connectivity index (χ4v) is 2.30. The maximum atomic E-state index is 5.51. The number of aromatic nitrogens is 1. The topological polar surface area (TPSA) is 34.2 Å². The van der Waals surface area contributed by atoms with E-state index < -0.39 is 0 Å². The number of nitrogens with one attached hydrogen (secondary N) is 1. The Morgan fingerprint density at radius 3 is 2.63 bits per heavy atom. The number of nitrogens with zero attached hydrogens (tertiary/aromatic N) is 1. The van der Waals surface area contributed by atoms with E-state index in [1.165, 1.54) is 37.7 Å². The third-order valence-corrected chi connectivity index (χ3v) is 3.39. The molecule has 19 heavy (non-hydrogen) atoms. The molecule has 1 N–H and O–H groups in total. The second kappa shape index (κ2) is 9.79. The van der Waals surface area contributed by atoms with Gasteiger partial charge in [-0.3, -0.25) is 4.98 Å². The quantitative estimate of drug-likeness (QED) is 0.646. The van der Waals surface area contributed by atoms with Gasteiger partial charge in [0, 0.05) is 12.2 Å². The number of rotatable bonds is 10. The van der Waals surface area contributed by atoms with Gasteiger partial charge in [-0.25, -0.2) is 0 Å². The zero-order chi connectivity index (χ0) is 13.9. The van der Waals surface area contributed by atoms with Crippen molar-refractivity contribution in [2.75, 3.05) is 13.7 Å². The summed E-state index contributed by atoms with van der Waals surface area (Å²) in [5.74, 6) is 0.867. The first kappa shape index (κ1) is 16.0. The lowest BCUT2D eigenvalue weighted by atomic mass is 10.0. The van der Waals surface area contributed by atoms with Gasteiger partial charge in [-0.15, -0.1) is 0 Å². The van der Waals surface area contributed by atoms with Gasteiger partial charge in [0.25, 0.3) is 0 Å². The standard InChI is InChI=1S/C16H28N2O/c1-4-6-7-8-9-10-16(17-3)14-11-15(19-5-2)13-18-12-14/h11-13,16-17H,4-10H2,1-3H3. The van der Waals surface area contributed by atoms with Crippen molar-refractivity contribution in [2.24, 2.45) is 0 Å². The van der Waals surface area contributed by atoms with E-state index in [1.54, 1.807) is 6.20 Å². The van der Waals surface area contributed by atoms with Crippen molar-refractivity contribution in [3.05, 3.63) is 24.0 Å². The Kier molecular flexibility index (Phi) is 8.23. The molecule has 3 heteroatoms. The predicted octanol–water partition coefficient (Wildman–Crippen LogP) is 4.10. The molecule has 1 rings (SSSR count). The Hall–Kier alpha value is -1.09. The minimum Gasteiger partial charge on any atom is -0.492 e. The largest absolute Gasteiger partial charge is 0.492 e. The molecule has 0 aliphatic rings. The van der Waals surface area contributed by atoms with Gasteiger partial charge >= 0.3 is 0 Å². The first-order valence-corrected chi connectivity index (χ1v) is 7.56. The highest BCUT2D eigenvalue weighted by Gasteiger charge is 2.10. The van der Waals surface area contributed by atoms with E-state index in [-0.39, 0.29) is 0 Å². The van der Waals surface area contributed by atoms with E-state index in [4.69, 9.17) is 4.74 Å². The van der Waals surface area contributed by atoms with Crippen molar-refractivity contribution < 1.29 is 4.74 Å². The normalized spacial score (nSPS) is 12.4. The van der Waals surface area contributed by atoms with Crippen LogP contribution in [0.1, 0.15) is 64.0 Å². The van der Waals surface area contributed by atoms with E-state index in [2.05, 4.69) is 23.3 Å². The third kappa shape index (κ3) is 6.06. The van der Waals surface area contributed by atoms with Crippen molar-refractivity contribution in [1.29, 1.82) is 0 Å². The van der Waals surface area contributed by atoms with E-state index in [0.717, 1.165) is 12.2 Å². The molecule has 108 valence electrons. The molecule has 1 aromatic heterocycles. The zero-order valence-corrected chi connectivity index (χ0v) is 12.6.